The lowest BCUT2D eigenvalue weighted by atomic mass is 9.97. The third kappa shape index (κ3) is 4.04. The zero-order valence-corrected chi connectivity index (χ0v) is 24.8. The van der Waals surface area contributed by atoms with Gasteiger partial charge in [0.15, 0.2) is 0 Å². The van der Waals surface area contributed by atoms with Gasteiger partial charge in [0.1, 0.15) is 0 Å². The molecule has 0 spiro atoms. The van der Waals surface area contributed by atoms with Crippen LogP contribution in [0.4, 0.5) is 17.1 Å². The van der Waals surface area contributed by atoms with Gasteiger partial charge in [-0.2, -0.15) is 0 Å². The average molecular weight is 584 g/mol. The van der Waals surface area contributed by atoms with Gasteiger partial charge in [0, 0.05) is 57.4 Å². The Bertz CT molecular complexity index is 2480. The van der Waals surface area contributed by atoms with Crippen LogP contribution in [0.2, 0.25) is 0 Å². The van der Waals surface area contributed by atoms with E-state index in [0.717, 1.165) is 17.1 Å². The molecule has 9 rings (SSSR count). The lowest BCUT2D eigenvalue weighted by Gasteiger charge is -2.26. The molecule has 2 aromatic heterocycles. The number of anilines is 3. The largest absolute Gasteiger partial charge is 0.310 e. The summed E-state index contributed by atoms with van der Waals surface area (Å²) >= 11 is 3.73. The van der Waals surface area contributed by atoms with E-state index in [4.69, 9.17) is 0 Å². The fourth-order valence-corrected chi connectivity index (χ4v) is 8.67. The molecular weight excluding hydrogens is 559 g/mol. The van der Waals surface area contributed by atoms with Gasteiger partial charge >= 0.3 is 0 Å². The third-order valence-electron chi connectivity index (χ3n) is 8.44. The number of hydrogen-bond donors (Lipinski definition) is 0. The molecule has 0 saturated heterocycles. The van der Waals surface area contributed by atoms with Crippen LogP contribution in [0.1, 0.15) is 0 Å². The normalized spacial score (nSPS) is 11.7. The minimum Gasteiger partial charge on any atom is -0.310 e. The van der Waals surface area contributed by atoms with E-state index in [-0.39, 0.29) is 0 Å². The Hall–Kier alpha value is -4.96. The van der Waals surface area contributed by atoms with E-state index < -0.39 is 0 Å². The van der Waals surface area contributed by atoms with Gasteiger partial charge in [-0.15, -0.1) is 22.7 Å². The first-order valence-electron chi connectivity index (χ1n) is 14.5. The van der Waals surface area contributed by atoms with E-state index in [9.17, 15) is 0 Å². The number of fused-ring (bicyclic) bond motifs is 7. The van der Waals surface area contributed by atoms with Gasteiger partial charge in [-0.25, -0.2) is 0 Å². The van der Waals surface area contributed by atoms with Crippen molar-refractivity contribution in [2.75, 3.05) is 4.90 Å². The summed E-state index contributed by atoms with van der Waals surface area (Å²) in [6.07, 6.45) is 0. The monoisotopic (exact) mass is 583 g/mol. The molecule has 0 aliphatic rings. The molecular formula is C40H25NS2. The highest BCUT2D eigenvalue weighted by Crippen LogP contribution is 2.44. The van der Waals surface area contributed by atoms with Crippen LogP contribution >= 0.6 is 22.7 Å². The van der Waals surface area contributed by atoms with Crippen LogP contribution in [0.25, 0.3) is 62.2 Å². The summed E-state index contributed by atoms with van der Waals surface area (Å²) in [5.41, 5.74) is 5.92. The lowest BCUT2D eigenvalue weighted by molar-refractivity contribution is 1.30. The predicted molar refractivity (Wildman–Crippen MR) is 190 cm³/mol. The van der Waals surface area contributed by atoms with Gasteiger partial charge in [-0.05, 0) is 76.5 Å². The highest BCUT2D eigenvalue weighted by molar-refractivity contribution is 7.26. The second kappa shape index (κ2) is 9.81. The SMILES string of the molecule is c1cc(-c2cccc3ccccc23)cc(N(c2ccc3c(c2)sc2ccccc23)c2ccc3sc4ccccc4c3c2)c1. The topological polar surface area (TPSA) is 3.24 Å². The first-order valence-corrected chi connectivity index (χ1v) is 16.1. The Morgan fingerprint density at radius 3 is 1.79 bits per heavy atom. The van der Waals surface area contributed by atoms with E-state index in [0.29, 0.717) is 0 Å². The molecule has 0 amide bonds. The van der Waals surface area contributed by atoms with Crippen molar-refractivity contribution in [1.29, 1.82) is 0 Å². The van der Waals surface area contributed by atoms with Gasteiger partial charge in [-0.1, -0.05) is 97.1 Å². The number of rotatable bonds is 4. The zero-order valence-electron chi connectivity index (χ0n) is 23.2. The average Bonchev–Trinajstić information content (AvgIpc) is 3.62. The molecule has 43 heavy (non-hydrogen) atoms. The minimum absolute atomic E-state index is 1.14. The molecule has 0 aliphatic carbocycles. The van der Waals surface area contributed by atoms with Crippen LogP contribution in [0, 0.1) is 0 Å². The maximum atomic E-state index is 2.42. The quantitative estimate of drug-likeness (QED) is 0.199. The summed E-state index contributed by atoms with van der Waals surface area (Å²) in [7, 11) is 0. The molecule has 9 aromatic rings. The maximum absolute atomic E-state index is 2.42. The molecule has 0 aliphatic heterocycles. The van der Waals surface area contributed by atoms with E-state index in [1.54, 1.807) is 0 Å². The fourth-order valence-electron chi connectivity index (χ4n) is 6.44. The number of thiophene rings is 2. The van der Waals surface area contributed by atoms with Gasteiger partial charge in [-0.3, -0.25) is 0 Å². The van der Waals surface area contributed by atoms with Gasteiger partial charge in [0.25, 0.3) is 0 Å². The Morgan fingerprint density at radius 1 is 0.349 bits per heavy atom. The Morgan fingerprint density at radius 2 is 0.930 bits per heavy atom. The minimum atomic E-state index is 1.14. The molecule has 0 unspecified atom stereocenters. The van der Waals surface area contributed by atoms with Crippen LogP contribution in [-0.4, -0.2) is 0 Å². The van der Waals surface area contributed by atoms with Crippen molar-refractivity contribution in [1.82, 2.24) is 0 Å². The van der Waals surface area contributed by atoms with Crippen LogP contribution in [0.15, 0.2) is 152 Å². The molecule has 0 saturated carbocycles. The highest BCUT2D eigenvalue weighted by Gasteiger charge is 2.17. The summed E-state index contributed by atoms with van der Waals surface area (Å²) in [5, 5.41) is 7.78. The molecule has 0 bridgehead atoms. The molecule has 1 nitrogen and oxygen atoms in total. The van der Waals surface area contributed by atoms with E-state index in [2.05, 4.69) is 157 Å². The standard InChI is InChI=1S/C40H25NS2/c1-2-13-31-26(9-1)10-8-16-32(31)27-11-7-12-28(23-27)41(29-20-22-39-36(24-29)34-15-4-6-18-38(34)42-39)30-19-21-35-33-14-3-5-17-37(33)43-40(35)25-30/h1-25H. The second-order valence-electron chi connectivity index (χ2n) is 11.0. The smallest absolute Gasteiger partial charge is 0.0476 e. The molecule has 0 radical (unpaired) electrons. The lowest BCUT2D eigenvalue weighted by Crippen LogP contribution is -2.09. The summed E-state index contributed by atoms with van der Waals surface area (Å²) in [5.74, 6) is 0. The fraction of sp³-hybridized carbons (Fsp3) is 0. The van der Waals surface area contributed by atoms with Crippen molar-refractivity contribution < 1.29 is 0 Å². The third-order valence-corrected chi connectivity index (χ3v) is 10.7. The van der Waals surface area contributed by atoms with Gasteiger partial charge in [0.2, 0.25) is 0 Å². The number of benzene rings is 7. The molecule has 0 atom stereocenters. The van der Waals surface area contributed by atoms with Crippen LogP contribution in [0.5, 0.6) is 0 Å². The van der Waals surface area contributed by atoms with Crippen molar-refractivity contribution in [2.45, 2.75) is 0 Å². The van der Waals surface area contributed by atoms with Crippen molar-refractivity contribution in [3.8, 4) is 11.1 Å². The number of nitrogens with zero attached hydrogens (tertiary/aromatic N) is 1. The second-order valence-corrected chi connectivity index (χ2v) is 13.1. The van der Waals surface area contributed by atoms with E-state index >= 15 is 0 Å². The van der Waals surface area contributed by atoms with E-state index in [1.807, 2.05) is 22.7 Å². The molecule has 2 heterocycles. The Kier molecular flexibility index (Phi) is 5.62. The van der Waals surface area contributed by atoms with Crippen molar-refractivity contribution in [3.05, 3.63) is 152 Å². The predicted octanol–water partition coefficient (Wildman–Crippen LogP) is 12.7. The summed E-state index contributed by atoms with van der Waals surface area (Å²) < 4.78 is 5.27. The first kappa shape index (κ1) is 24.6. The number of hydrogen-bond acceptors (Lipinski definition) is 3. The molecule has 0 fully saturated rings. The van der Waals surface area contributed by atoms with Gasteiger partial charge < -0.3 is 4.90 Å². The first-order chi connectivity index (χ1) is 21.3. The van der Waals surface area contributed by atoms with Crippen LogP contribution in [0.3, 0.4) is 0 Å². The van der Waals surface area contributed by atoms with Gasteiger partial charge in [0.05, 0.1) is 0 Å². The van der Waals surface area contributed by atoms with Crippen molar-refractivity contribution in [2.24, 2.45) is 0 Å². The summed E-state index contributed by atoms with van der Waals surface area (Å²) in [4.78, 5) is 2.42. The molecule has 0 N–H and O–H groups in total. The highest BCUT2D eigenvalue weighted by atomic mass is 32.1. The van der Waals surface area contributed by atoms with Crippen molar-refractivity contribution >= 4 is 90.9 Å². The van der Waals surface area contributed by atoms with Crippen LogP contribution < -0.4 is 4.90 Å². The zero-order chi connectivity index (χ0) is 28.3. The Labute approximate surface area is 257 Å². The maximum Gasteiger partial charge on any atom is 0.0476 e. The summed E-state index contributed by atoms with van der Waals surface area (Å²) in [6.45, 7) is 0. The van der Waals surface area contributed by atoms with Crippen molar-refractivity contribution in [3.63, 3.8) is 0 Å². The Balaban J connectivity index is 1.27. The molecule has 7 aromatic carbocycles. The summed E-state index contributed by atoms with van der Waals surface area (Å²) in [6, 6.07) is 55.5. The van der Waals surface area contributed by atoms with Crippen LogP contribution in [-0.2, 0) is 0 Å². The molecule has 3 heteroatoms. The molecule has 202 valence electrons. The van der Waals surface area contributed by atoms with E-state index in [1.165, 1.54) is 62.2 Å².